The number of aliphatic hydroxyl groups is 1. The van der Waals surface area contributed by atoms with E-state index in [1.807, 2.05) is 0 Å². The van der Waals surface area contributed by atoms with Gasteiger partial charge in [0.05, 0.1) is 12.0 Å². The molecule has 1 heterocycles. The van der Waals surface area contributed by atoms with Gasteiger partial charge in [-0.25, -0.2) is 4.79 Å². The predicted octanol–water partition coefficient (Wildman–Crippen LogP) is 1.61. The van der Waals surface area contributed by atoms with Gasteiger partial charge in [-0.1, -0.05) is 0 Å². The molecule has 0 aromatic heterocycles. The lowest BCUT2D eigenvalue weighted by Crippen LogP contribution is -2.38. The van der Waals surface area contributed by atoms with Gasteiger partial charge >= 0.3 is 12.1 Å². The lowest BCUT2D eigenvalue weighted by atomic mass is 9.91. The summed E-state index contributed by atoms with van der Waals surface area (Å²) < 4.78 is 5.27. The Kier molecular flexibility index (Phi) is 4.79. The van der Waals surface area contributed by atoms with Crippen molar-refractivity contribution in [2.24, 2.45) is 0 Å². The van der Waals surface area contributed by atoms with Crippen molar-refractivity contribution in [2.45, 2.75) is 57.7 Å². The third kappa shape index (κ3) is 5.46. The highest BCUT2D eigenvalue weighted by atomic mass is 16.6. The van der Waals surface area contributed by atoms with Crippen molar-refractivity contribution in [1.82, 2.24) is 4.90 Å². The van der Waals surface area contributed by atoms with Crippen LogP contribution in [-0.2, 0) is 9.53 Å². The van der Waals surface area contributed by atoms with E-state index in [0.717, 1.165) is 0 Å². The molecular weight excluding hydrogens is 250 g/mol. The van der Waals surface area contributed by atoms with Gasteiger partial charge in [0.25, 0.3) is 0 Å². The van der Waals surface area contributed by atoms with Crippen LogP contribution in [0.3, 0.4) is 0 Å². The highest BCUT2D eigenvalue weighted by Crippen LogP contribution is 2.26. The molecule has 110 valence electrons. The molecule has 1 unspecified atom stereocenters. The Hall–Kier alpha value is -1.30. The lowest BCUT2D eigenvalue weighted by molar-refractivity contribution is -0.143. The molecule has 6 heteroatoms. The Morgan fingerprint density at radius 1 is 1.26 bits per heavy atom. The number of hydrogen-bond acceptors (Lipinski definition) is 4. The summed E-state index contributed by atoms with van der Waals surface area (Å²) in [6.45, 7) is 6.19. The number of carboxylic acids is 1. The minimum atomic E-state index is -1.22. The molecule has 0 aromatic carbocycles. The Labute approximate surface area is 113 Å². The van der Waals surface area contributed by atoms with Crippen LogP contribution in [0, 0.1) is 0 Å². The average Bonchev–Trinajstić information content (AvgIpc) is 2.36. The summed E-state index contributed by atoms with van der Waals surface area (Å²) in [5.41, 5.74) is -1.77. The van der Waals surface area contributed by atoms with Gasteiger partial charge in [-0.05, 0) is 40.0 Å². The maximum Gasteiger partial charge on any atom is 0.410 e. The minimum absolute atomic E-state index is 0.262. The first-order chi connectivity index (χ1) is 8.61. The fourth-order valence-electron chi connectivity index (χ4n) is 2.15. The smallest absolute Gasteiger partial charge is 0.410 e. The first kappa shape index (κ1) is 15.8. The van der Waals surface area contributed by atoms with Crippen LogP contribution in [0.15, 0.2) is 0 Å². The molecule has 1 atom stereocenters. The zero-order valence-corrected chi connectivity index (χ0v) is 11.8. The van der Waals surface area contributed by atoms with Crippen LogP contribution in [0.4, 0.5) is 4.79 Å². The van der Waals surface area contributed by atoms with Crippen molar-refractivity contribution in [2.75, 3.05) is 13.1 Å². The van der Waals surface area contributed by atoms with Gasteiger partial charge in [0.1, 0.15) is 5.60 Å². The van der Waals surface area contributed by atoms with Crippen LogP contribution >= 0.6 is 0 Å². The Morgan fingerprint density at radius 3 is 2.42 bits per heavy atom. The highest BCUT2D eigenvalue weighted by molar-refractivity contribution is 5.69. The van der Waals surface area contributed by atoms with E-state index in [2.05, 4.69) is 0 Å². The summed E-state index contributed by atoms with van der Waals surface area (Å²) in [7, 11) is 0. The maximum absolute atomic E-state index is 11.9. The number of ether oxygens (including phenoxy) is 1. The van der Waals surface area contributed by atoms with E-state index in [-0.39, 0.29) is 12.8 Å². The maximum atomic E-state index is 11.9. The predicted molar refractivity (Wildman–Crippen MR) is 68.9 cm³/mol. The summed E-state index contributed by atoms with van der Waals surface area (Å²) in [6.07, 6.45) is 0.530. The van der Waals surface area contributed by atoms with E-state index < -0.39 is 23.3 Å². The Morgan fingerprint density at radius 2 is 1.89 bits per heavy atom. The normalized spacial score (nSPS) is 24.7. The zero-order valence-electron chi connectivity index (χ0n) is 11.8. The van der Waals surface area contributed by atoms with Crippen molar-refractivity contribution >= 4 is 12.1 Å². The van der Waals surface area contributed by atoms with Gasteiger partial charge in [-0.3, -0.25) is 4.79 Å². The summed E-state index contributed by atoms with van der Waals surface area (Å²) >= 11 is 0. The molecule has 1 amide bonds. The van der Waals surface area contributed by atoms with Gasteiger partial charge in [-0.2, -0.15) is 0 Å². The van der Waals surface area contributed by atoms with Crippen molar-refractivity contribution in [3.8, 4) is 0 Å². The Bertz CT molecular complexity index is 349. The largest absolute Gasteiger partial charge is 0.481 e. The van der Waals surface area contributed by atoms with Crippen LogP contribution in [0.25, 0.3) is 0 Å². The third-order valence-corrected chi connectivity index (χ3v) is 3.05. The van der Waals surface area contributed by atoms with Crippen LogP contribution in [0.2, 0.25) is 0 Å². The monoisotopic (exact) mass is 273 g/mol. The van der Waals surface area contributed by atoms with Crippen molar-refractivity contribution in [3.63, 3.8) is 0 Å². The summed E-state index contributed by atoms with van der Waals surface area (Å²) in [5.74, 6) is -1.02. The Balaban J connectivity index is 2.59. The number of carbonyl (C=O) groups excluding carboxylic acids is 1. The number of rotatable bonds is 2. The van der Waals surface area contributed by atoms with Gasteiger partial charge < -0.3 is 19.8 Å². The SMILES string of the molecule is CC(C)(C)OC(=O)N1CCCC(O)(CC(=O)O)CC1. The fourth-order valence-corrected chi connectivity index (χ4v) is 2.15. The minimum Gasteiger partial charge on any atom is -0.481 e. The van der Waals surface area contributed by atoms with E-state index in [9.17, 15) is 14.7 Å². The molecule has 1 rings (SSSR count). The number of carboxylic acid groups (broad SMARTS) is 1. The van der Waals surface area contributed by atoms with Crippen LogP contribution in [-0.4, -0.2) is 51.5 Å². The van der Waals surface area contributed by atoms with Gasteiger partial charge in [-0.15, -0.1) is 0 Å². The van der Waals surface area contributed by atoms with Gasteiger partial charge in [0.15, 0.2) is 0 Å². The quantitative estimate of drug-likeness (QED) is 0.798. The molecule has 1 aliphatic rings. The molecule has 1 saturated heterocycles. The van der Waals surface area contributed by atoms with E-state index in [1.165, 1.54) is 4.90 Å². The third-order valence-electron chi connectivity index (χ3n) is 3.05. The number of likely N-dealkylation sites (tertiary alicyclic amines) is 1. The molecular formula is C13H23NO5. The molecule has 0 bridgehead atoms. The first-order valence-electron chi connectivity index (χ1n) is 6.53. The molecule has 19 heavy (non-hydrogen) atoms. The summed E-state index contributed by atoms with van der Waals surface area (Å²) in [6, 6.07) is 0. The zero-order chi connectivity index (χ0) is 14.7. The molecule has 0 radical (unpaired) electrons. The standard InChI is InChI=1S/C13H23NO5/c1-12(2,3)19-11(17)14-7-4-5-13(18,6-8-14)9-10(15)16/h18H,4-9H2,1-3H3,(H,15,16). The number of hydrogen-bond donors (Lipinski definition) is 2. The lowest BCUT2D eigenvalue weighted by Gasteiger charge is -2.27. The van der Waals surface area contributed by atoms with Crippen molar-refractivity contribution < 1.29 is 24.5 Å². The molecule has 0 saturated carbocycles. The topological polar surface area (TPSA) is 87.1 Å². The average molecular weight is 273 g/mol. The molecule has 0 aromatic rings. The molecule has 6 nitrogen and oxygen atoms in total. The van der Waals surface area contributed by atoms with E-state index in [4.69, 9.17) is 9.84 Å². The van der Waals surface area contributed by atoms with Gasteiger partial charge in [0.2, 0.25) is 0 Å². The number of nitrogens with zero attached hydrogens (tertiary/aromatic N) is 1. The molecule has 0 aliphatic carbocycles. The molecule has 1 fully saturated rings. The molecule has 1 aliphatic heterocycles. The number of aliphatic carboxylic acids is 1. The molecule has 0 spiro atoms. The summed E-state index contributed by atoms with van der Waals surface area (Å²) in [5, 5.41) is 19.0. The van der Waals surface area contributed by atoms with Gasteiger partial charge in [0, 0.05) is 13.1 Å². The van der Waals surface area contributed by atoms with E-state index >= 15 is 0 Å². The van der Waals surface area contributed by atoms with E-state index in [1.54, 1.807) is 20.8 Å². The van der Waals surface area contributed by atoms with E-state index in [0.29, 0.717) is 25.9 Å². The molecule has 2 N–H and O–H groups in total. The first-order valence-corrected chi connectivity index (χ1v) is 6.53. The number of amides is 1. The van der Waals surface area contributed by atoms with Crippen molar-refractivity contribution in [1.29, 1.82) is 0 Å². The fraction of sp³-hybridized carbons (Fsp3) is 0.846. The van der Waals surface area contributed by atoms with Crippen LogP contribution in [0.1, 0.15) is 46.5 Å². The summed E-state index contributed by atoms with van der Waals surface area (Å²) in [4.78, 5) is 24.2. The van der Waals surface area contributed by atoms with Crippen LogP contribution in [0.5, 0.6) is 0 Å². The number of carbonyl (C=O) groups is 2. The van der Waals surface area contributed by atoms with Crippen LogP contribution < -0.4 is 0 Å². The second-order valence-corrected chi connectivity index (χ2v) is 6.12. The highest BCUT2D eigenvalue weighted by Gasteiger charge is 2.34. The second kappa shape index (κ2) is 5.77. The van der Waals surface area contributed by atoms with Crippen molar-refractivity contribution in [3.05, 3.63) is 0 Å². The second-order valence-electron chi connectivity index (χ2n) is 6.12.